The monoisotopic (exact) mass is 388 g/mol. The van der Waals surface area contributed by atoms with Gasteiger partial charge >= 0.3 is 0 Å². The van der Waals surface area contributed by atoms with Crippen molar-refractivity contribution in [1.29, 1.82) is 0 Å². The summed E-state index contributed by atoms with van der Waals surface area (Å²) in [6.45, 7) is 2.67. The van der Waals surface area contributed by atoms with E-state index in [1.807, 2.05) is 6.07 Å². The van der Waals surface area contributed by atoms with Crippen LogP contribution in [0, 0.1) is 29.5 Å². The third-order valence-electron chi connectivity index (χ3n) is 7.67. The Bertz CT molecular complexity index is 568. The van der Waals surface area contributed by atoms with Gasteiger partial charge in [0.25, 0.3) is 0 Å². The van der Waals surface area contributed by atoms with Gasteiger partial charge in [0.15, 0.2) is 0 Å². The molecular formula is C26H41FO. The lowest BCUT2D eigenvalue weighted by molar-refractivity contribution is 0.140. The van der Waals surface area contributed by atoms with Crippen LogP contribution in [0.4, 0.5) is 4.39 Å². The Morgan fingerprint density at radius 1 is 0.893 bits per heavy atom. The van der Waals surface area contributed by atoms with E-state index in [2.05, 4.69) is 13.0 Å². The van der Waals surface area contributed by atoms with Crippen LogP contribution in [-0.2, 0) is 17.8 Å². The zero-order valence-electron chi connectivity index (χ0n) is 18.2. The molecule has 1 aromatic carbocycles. The molecule has 0 saturated heterocycles. The van der Waals surface area contributed by atoms with Gasteiger partial charge in [-0.3, -0.25) is 0 Å². The highest BCUT2D eigenvalue weighted by molar-refractivity contribution is 5.24. The van der Waals surface area contributed by atoms with Crippen LogP contribution in [0.1, 0.15) is 95.1 Å². The van der Waals surface area contributed by atoms with Crippen molar-refractivity contribution >= 4 is 0 Å². The van der Waals surface area contributed by atoms with Crippen molar-refractivity contribution in [2.45, 2.75) is 97.0 Å². The minimum absolute atomic E-state index is 0.113. The maximum absolute atomic E-state index is 14.1. The van der Waals surface area contributed by atoms with Gasteiger partial charge in [0.2, 0.25) is 0 Å². The highest BCUT2D eigenvalue weighted by atomic mass is 19.1. The molecule has 0 aliphatic heterocycles. The van der Waals surface area contributed by atoms with E-state index in [4.69, 9.17) is 4.74 Å². The Balaban J connectivity index is 1.36. The number of unbranched alkanes of at least 4 members (excludes halogenated alkanes) is 1. The number of methoxy groups -OCH3 is 1. The molecule has 0 bridgehead atoms. The van der Waals surface area contributed by atoms with E-state index in [0.29, 0.717) is 12.2 Å². The molecule has 2 saturated carbocycles. The maximum Gasteiger partial charge on any atom is 0.128 e. The third-order valence-corrected chi connectivity index (χ3v) is 7.67. The molecule has 0 N–H and O–H groups in total. The number of aryl methyl sites for hydroxylation is 1. The predicted octanol–water partition coefficient (Wildman–Crippen LogP) is 7.71. The van der Waals surface area contributed by atoms with E-state index in [9.17, 15) is 4.39 Å². The highest BCUT2D eigenvalue weighted by Gasteiger charge is 2.30. The molecular weight excluding hydrogens is 347 g/mol. The number of benzene rings is 1. The molecule has 0 unspecified atom stereocenters. The van der Waals surface area contributed by atoms with Crippen molar-refractivity contribution < 1.29 is 9.13 Å². The summed E-state index contributed by atoms with van der Waals surface area (Å²) in [7, 11) is 1.61. The lowest BCUT2D eigenvalue weighted by Crippen LogP contribution is -2.26. The van der Waals surface area contributed by atoms with Crippen molar-refractivity contribution in [2.24, 2.45) is 23.7 Å². The van der Waals surface area contributed by atoms with Gasteiger partial charge in [-0.15, -0.1) is 0 Å². The Labute approximate surface area is 172 Å². The fourth-order valence-corrected chi connectivity index (χ4v) is 5.78. The van der Waals surface area contributed by atoms with Crippen LogP contribution >= 0.6 is 0 Å². The smallest absolute Gasteiger partial charge is 0.128 e. The van der Waals surface area contributed by atoms with Crippen LogP contribution < -0.4 is 0 Å². The van der Waals surface area contributed by atoms with E-state index in [0.717, 1.165) is 35.7 Å². The molecule has 1 nitrogen and oxygen atoms in total. The summed E-state index contributed by atoms with van der Waals surface area (Å²) in [5, 5.41) is 0. The summed E-state index contributed by atoms with van der Waals surface area (Å²) < 4.78 is 19.1. The molecule has 0 amide bonds. The van der Waals surface area contributed by atoms with Crippen molar-refractivity contribution in [1.82, 2.24) is 0 Å². The fraction of sp³-hybridized carbons (Fsp3) is 0.769. The van der Waals surface area contributed by atoms with E-state index in [1.165, 1.54) is 77.0 Å². The van der Waals surface area contributed by atoms with Crippen LogP contribution in [-0.4, -0.2) is 7.11 Å². The first-order chi connectivity index (χ1) is 13.7. The van der Waals surface area contributed by atoms with Gasteiger partial charge in [-0.25, -0.2) is 4.39 Å². The standard InChI is InChI=1S/C26H41FO/c1-3-4-5-20-8-13-23(14-9-20)24-15-10-21(11-16-24)6-7-22-12-17-25(19-28-2)26(27)18-22/h12,17-18,20-21,23-24H,3-11,13-16,19H2,1-2H3. The molecule has 28 heavy (non-hydrogen) atoms. The van der Waals surface area contributed by atoms with Gasteiger partial charge in [-0.1, -0.05) is 64.0 Å². The van der Waals surface area contributed by atoms with Crippen LogP contribution in [0.2, 0.25) is 0 Å². The Kier molecular flexibility index (Phi) is 8.83. The normalized spacial score (nSPS) is 28.4. The average Bonchev–Trinajstić information content (AvgIpc) is 2.73. The number of ether oxygens (including phenoxy) is 1. The Morgan fingerprint density at radius 3 is 2.04 bits per heavy atom. The van der Waals surface area contributed by atoms with Crippen LogP contribution in [0.3, 0.4) is 0 Å². The molecule has 2 aliphatic carbocycles. The van der Waals surface area contributed by atoms with E-state index in [1.54, 1.807) is 13.2 Å². The molecule has 158 valence electrons. The molecule has 2 heteroatoms. The largest absolute Gasteiger partial charge is 0.380 e. The summed E-state index contributed by atoms with van der Waals surface area (Å²) in [6.07, 6.45) is 18.2. The van der Waals surface area contributed by atoms with E-state index in [-0.39, 0.29) is 5.82 Å². The van der Waals surface area contributed by atoms with Gasteiger partial charge < -0.3 is 4.74 Å². The van der Waals surface area contributed by atoms with Crippen molar-refractivity contribution in [3.63, 3.8) is 0 Å². The fourth-order valence-electron chi connectivity index (χ4n) is 5.78. The lowest BCUT2D eigenvalue weighted by atomic mass is 9.68. The quantitative estimate of drug-likeness (QED) is 0.421. The second kappa shape index (κ2) is 11.3. The van der Waals surface area contributed by atoms with Gasteiger partial charge in [0.1, 0.15) is 5.82 Å². The van der Waals surface area contributed by atoms with Crippen molar-refractivity contribution in [2.75, 3.05) is 7.11 Å². The summed E-state index contributed by atoms with van der Waals surface area (Å²) >= 11 is 0. The van der Waals surface area contributed by atoms with Crippen LogP contribution in [0.5, 0.6) is 0 Å². The van der Waals surface area contributed by atoms with Crippen molar-refractivity contribution in [3.05, 3.63) is 35.1 Å². The van der Waals surface area contributed by atoms with E-state index >= 15 is 0 Å². The molecule has 0 radical (unpaired) electrons. The molecule has 0 heterocycles. The molecule has 0 aromatic heterocycles. The van der Waals surface area contributed by atoms with Crippen molar-refractivity contribution in [3.8, 4) is 0 Å². The number of hydrogen-bond donors (Lipinski definition) is 0. The van der Waals surface area contributed by atoms with E-state index < -0.39 is 0 Å². The molecule has 3 rings (SSSR count). The van der Waals surface area contributed by atoms with Gasteiger partial charge in [-0.2, -0.15) is 0 Å². The SMILES string of the molecule is CCCCC1CCC(C2CCC(CCc3ccc(COC)c(F)c3)CC2)CC1. The molecule has 0 atom stereocenters. The predicted molar refractivity (Wildman–Crippen MR) is 116 cm³/mol. The van der Waals surface area contributed by atoms with Gasteiger partial charge in [0, 0.05) is 12.7 Å². The lowest BCUT2D eigenvalue weighted by Gasteiger charge is -2.38. The third kappa shape index (κ3) is 6.31. The van der Waals surface area contributed by atoms with Crippen LogP contribution in [0.25, 0.3) is 0 Å². The second-order valence-electron chi connectivity index (χ2n) is 9.60. The zero-order chi connectivity index (χ0) is 19.8. The summed E-state index contributed by atoms with van der Waals surface area (Å²) in [6, 6.07) is 5.69. The number of rotatable bonds is 9. The average molecular weight is 389 g/mol. The molecule has 2 fully saturated rings. The minimum atomic E-state index is -0.113. The molecule has 2 aliphatic rings. The van der Waals surface area contributed by atoms with Crippen LogP contribution in [0.15, 0.2) is 18.2 Å². The first kappa shape index (κ1) is 21.8. The second-order valence-corrected chi connectivity index (χ2v) is 9.60. The zero-order valence-corrected chi connectivity index (χ0v) is 18.2. The van der Waals surface area contributed by atoms with Gasteiger partial charge in [0.05, 0.1) is 6.61 Å². The highest BCUT2D eigenvalue weighted by Crippen LogP contribution is 2.43. The maximum atomic E-state index is 14.1. The summed E-state index contributed by atoms with van der Waals surface area (Å²) in [5.41, 5.74) is 1.81. The molecule has 0 spiro atoms. The Hall–Kier alpha value is -0.890. The Morgan fingerprint density at radius 2 is 1.50 bits per heavy atom. The molecule has 1 aromatic rings. The minimum Gasteiger partial charge on any atom is -0.380 e. The first-order valence-corrected chi connectivity index (χ1v) is 12.0. The number of hydrogen-bond acceptors (Lipinski definition) is 1. The summed E-state index contributed by atoms with van der Waals surface area (Å²) in [5.74, 6) is 3.77. The van der Waals surface area contributed by atoms with Gasteiger partial charge in [-0.05, 0) is 73.8 Å². The first-order valence-electron chi connectivity index (χ1n) is 12.0. The topological polar surface area (TPSA) is 9.23 Å². The summed E-state index contributed by atoms with van der Waals surface area (Å²) in [4.78, 5) is 0. The number of halogens is 1.